The van der Waals surface area contributed by atoms with Gasteiger partial charge in [0.1, 0.15) is 0 Å². The van der Waals surface area contributed by atoms with Crippen LogP contribution in [0.4, 0.5) is 0 Å². The normalized spacial score (nSPS) is 19.7. The van der Waals surface area contributed by atoms with Crippen LogP contribution in [0.1, 0.15) is 19.3 Å². The monoisotopic (exact) mass is 216 g/mol. The zero-order chi connectivity index (χ0) is 11.3. The summed E-state index contributed by atoms with van der Waals surface area (Å²) in [4.78, 5) is 11.4. The first-order chi connectivity index (χ1) is 7.13. The van der Waals surface area contributed by atoms with Crippen molar-refractivity contribution in [1.82, 2.24) is 5.32 Å². The molecule has 5 nitrogen and oxygen atoms in total. The van der Waals surface area contributed by atoms with E-state index >= 15 is 0 Å². The van der Waals surface area contributed by atoms with E-state index in [1.165, 1.54) is 7.11 Å². The van der Waals surface area contributed by atoms with Crippen molar-refractivity contribution in [1.29, 1.82) is 0 Å². The van der Waals surface area contributed by atoms with Crippen LogP contribution in [-0.2, 0) is 9.53 Å². The zero-order valence-corrected chi connectivity index (χ0v) is 9.11. The van der Waals surface area contributed by atoms with Gasteiger partial charge in [-0.15, -0.1) is 0 Å². The van der Waals surface area contributed by atoms with Gasteiger partial charge < -0.3 is 20.9 Å². The van der Waals surface area contributed by atoms with Crippen LogP contribution in [0.3, 0.4) is 0 Å². The smallest absolute Gasteiger partial charge is 0.221 e. The molecule has 1 aliphatic rings. The maximum Gasteiger partial charge on any atom is 0.221 e. The van der Waals surface area contributed by atoms with Crippen molar-refractivity contribution in [2.24, 2.45) is 11.7 Å². The molecule has 0 saturated heterocycles. The van der Waals surface area contributed by atoms with Gasteiger partial charge in [-0.25, -0.2) is 0 Å². The van der Waals surface area contributed by atoms with Crippen molar-refractivity contribution in [3.05, 3.63) is 0 Å². The van der Waals surface area contributed by atoms with Crippen molar-refractivity contribution in [3.63, 3.8) is 0 Å². The average Bonchev–Trinajstić information content (AvgIpc) is 2.98. The molecule has 1 saturated carbocycles. The van der Waals surface area contributed by atoms with Crippen molar-refractivity contribution < 1.29 is 14.6 Å². The molecule has 1 rings (SSSR count). The minimum atomic E-state index is -0.643. The van der Waals surface area contributed by atoms with Crippen molar-refractivity contribution in [3.8, 4) is 0 Å². The van der Waals surface area contributed by atoms with Gasteiger partial charge in [-0.05, 0) is 18.8 Å². The summed E-state index contributed by atoms with van der Waals surface area (Å²) >= 11 is 0. The van der Waals surface area contributed by atoms with Gasteiger partial charge in [-0.3, -0.25) is 4.79 Å². The number of carbonyl (C=O) groups excluding carboxylic acids is 1. The quantitative estimate of drug-likeness (QED) is 0.522. The van der Waals surface area contributed by atoms with E-state index in [0.29, 0.717) is 12.3 Å². The first-order valence-corrected chi connectivity index (χ1v) is 5.32. The molecule has 88 valence electrons. The summed E-state index contributed by atoms with van der Waals surface area (Å²) in [6.45, 7) is 0.457. The molecule has 2 atom stereocenters. The third-order valence-electron chi connectivity index (χ3n) is 2.54. The molecule has 1 fully saturated rings. The lowest BCUT2D eigenvalue weighted by Crippen LogP contribution is -2.38. The standard InChI is InChI=1S/C10H20N2O3/c1-15-6-8(13)5-12-10(14)4-9(11)7-2-3-7/h7-9,13H,2-6,11H2,1H3,(H,12,14). The highest BCUT2D eigenvalue weighted by Gasteiger charge is 2.29. The van der Waals surface area contributed by atoms with Crippen LogP contribution in [0.2, 0.25) is 0 Å². The van der Waals surface area contributed by atoms with E-state index in [4.69, 9.17) is 10.5 Å². The van der Waals surface area contributed by atoms with Gasteiger partial charge in [-0.2, -0.15) is 0 Å². The number of aliphatic hydroxyl groups excluding tert-OH is 1. The van der Waals surface area contributed by atoms with Crippen LogP contribution in [-0.4, -0.2) is 43.4 Å². The van der Waals surface area contributed by atoms with E-state index in [1.54, 1.807) is 0 Å². The second kappa shape index (κ2) is 6.05. The van der Waals surface area contributed by atoms with Gasteiger partial charge in [0.2, 0.25) is 5.91 Å². The number of nitrogens with one attached hydrogen (secondary N) is 1. The molecule has 0 radical (unpaired) electrons. The molecule has 0 aromatic heterocycles. The Morgan fingerprint density at radius 1 is 1.67 bits per heavy atom. The summed E-state index contributed by atoms with van der Waals surface area (Å²) in [7, 11) is 1.51. The van der Waals surface area contributed by atoms with E-state index in [2.05, 4.69) is 5.32 Å². The van der Waals surface area contributed by atoms with E-state index in [9.17, 15) is 9.90 Å². The summed E-state index contributed by atoms with van der Waals surface area (Å²) in [5.41, 5.74) is 5.80. The lowest BCUT2D eigenvalue weighted by Gasteiger charge is -2.13. The maximum atomic E-state index is 11.4. The number of ether oxygens (including phenoxy) is 1. The van der Waals surface area contributed by atoms with Gasteiger partial charge in [0.05, 0.1) is 12.7 Å². The first kappa shape index (κ1) is 12.4. The molecule has 0 spiro atoms. The van der Waals surface area contributed by atoms with Gasteiger partial charge in [0, 0.05) is 26.1 Å². The molecule has 0 heterocycles. The Balaban J connectivity index is 2.06. The number of nitrogens with two attached hydrogens (primary N) is 1. The summed E-state index contributed by atoms with van der Waals surface area (Å²) in [6, 6.07) is -0.0235. The molecule has 4 N–H and O–H groups in total. The van der Waals surface area contributed by atoms with Crippen LogP contribution in [0, 0.1) is 5.92 Å². The average molecular weight is 216 g/mol. The van der Waals surface area contributed by atoms with Gasteiger partial charge in [0.25, 0.3) is 0 Å². The lowest BCUT2D eigenvalue weighted by molar-refractivity contribution is -0.122. The topological polar surface area (TPSA) is 84.6 Å². The van der Waals surface area contributed by atoms with Crippen molar-refractivity contribution in [2.45, 2.75) is 31.4 Å². The Labute approximate surface area is 90.0 Å². The molecule has 15 heavy (non-hydrogen) atoms. The summed E-state index contributed by atoms with van der Waals surface area (Å²) in [5.74, 6) is 0.434. The molecule has 1 amide bonds. The number of aliphatic hydroxyl groups is 1. The summed E-state index contributed by atoms with van der Waals surface area (Å²) < 4.78 is 4.74. The van der Waals surface area contributed by atoms with E-state index < -0.39 is 6.10 Å². The molecule has 0 aromatic carbocycles. The highest BCUT2D eigenvalue weighted by Crippen LogP contribution is 2.32. The van der Waals surface area contributed by atoms with Crippen molar-refractivity contribution >= 4 is 5.91 Å². The predicted molar refractivity (Wildman–Crippen MR) is 56.2 cm³/mol. The van der Waals surface area contributed by atoms with Gasteiger partial charge in [-0.1, -0.05) is 0 Å². The Bertz CT molecular complexity index is 207. The number of rotatable bonds is 7. The van der Waals surface area contributed by atoms with Crippen LogP contribution >= 0.6 is 0 Å². The number of hydrogen-bond acceptors (Lipinski definition) is 4. The third kappa shape index (κ3) is 5.11. The second-order valence-corrected chi connectivity index (χ2v) is 4.12. The van der Waals surface area contributed by atoms with Crippen molar-refractivity contribution in [2.75, 3.05) is 20.3 Å². The molecule has 2 unspecified atom stereocenters. The fourth-order valence-corrected chi connectivity index (χ4v) is 1.46. The second-order valence-electron chi connectivity index (χ2n) is 4.12. The molecular weight excluding hydrogens is 196 g/mol. The number of carbonyl (C=O) groups is 1. The molecule has 1 aliphatic carbocycles. The summed E-state index contributed by atoms with van der Waals surface area (Å²) in [5, 5.41) is 11.9. The highest BCUT2D eigenvalue weighted by atomic mass is 16.5. The Kier molecular flexibility index (Phi) is 5.01. The first-order valence-electron chi connectivity index (χ1n) is 5.32. The van der Waals surface area contributed by atoms with Crippen LogP contribution in [0.5, 0.6) is 0 Å². The van der Waals surface area contributed by atoms with E-state index in [1.807, 2.05) is 0 Å². The summed E-state index contributed by atoms with van der Waals surface area (Å²) in [6.07, 6.45) is 1.99. The fourth-order valence-electron chi connectivity index (χ4n) is 1.46. The lowest BCUT2D eigenvalue weighted by atomic mass is 10.1. The Morgan fingerprint density at radius 3 is 2.87 bits per heavy atom. The maximum absolute atomic E-state index is 11.4. The number of hydrogen-bond donors (Lipinski definition) is 3. The minimum absolute atomic E-state index is 0.0235. The largest absolute Gasteiger partial charge is 0.389 e. The van der Waals surface area contributed by atoms with Crippen LogP contribution in [0.15, 0.2) is 0 Å². The van der Waals surface area contributed by atoms with Gasteiger partial charge in [0.15, 0.2) is 0 Å². The predicted octanol–water partition coefficient (Wildman–Crippen LogP) is -0.763. The molecule has 0 aromatic rings. The van der Waals surface area contributed by atoms with Crippen LogP contribution < -0.4 is 11.1 Å². The molecular formula is C10H20N2O3. The highest BCUT2D eigenvalue weighted by molar-refractivity contribution is 5.76. The fraction of sp³-hybridized carbons (Fsp3) is 0.900. The Hall–Kier alpha value is -0.650. The number of amides is 1. The zero-order valence-electron chi connectivity index (χ0n) is 9.11. The number of methoxy groups -OCH3 is 1. The van der Waals surface area contributed by atoms with Gasteiger partial charge >= 0.3 is 0 Å². The van der Waals surface area contributed by atoms with Crippen LogP contribution in [0.25, 0.3) is 0 Å². The third-order valence-corrected chi connectivity index (χ3v) is 2.54. The molecule has 0 bridgehead atoms. The minimum Gasteiger partial charge on any atom is -0.389 e. The Morgan fingerprint density at radius 2 is 2.33 bits per heavy atom. The SMILES string of the molecule is COCC(O)CNC(=O)CC(N)C1CC1. The molecule has 5 heteroatoms. The van der Waals surface area contributed by atoms with E-state index in [-0.39, 0.29) is 25.1 Å². The van der Waals surface area contributed by atoms with E-state index in [0.717, 1.165) is 12.8 Å². The molecule has 0 aliphatic heterocycles.